The minimum atomic E-state index is -0.140. The molecule has 1 amide bonds. The predicted octanol–water partition coefficient (Wildman–Crippen LogP) is 4.57. The van der Waals surface area contributed by atoms with Crippen molar-refractivity contribution in [2.24, 2.45) is 0 Å². The van der Waals surface area contributed by atoms with E-state index in [0.29, 0.717) is 6.42 Å². The summed E-state index contributed by atoms with van der Waals surface area (Å²) >= 11 is 1.55. The van der Waals surface area contributed by atoms with E-state index in [0.717, 1.165) is 47.7 Å². The fourth-order valence-corrected chi connectivity index (χ4v) is 4.30. The molecular weight excluding hydrogens is 420 g/mol. The lowest BCUT2D eigenvalue weighted by atomic mass is 10.1. The monoisotopic (exact) mass is 446 g/mol. The third-order valence-corrected chi connectivity index (χ3v) is 5.92. The fraction of sp³-hybridized carbons (Fsp3) is 0.240. The third-order valence-electron chi connectivity index (χ3n) is 5.00. The van der Waals surface area contributed by atoms with Crippen LogP contribution in [0.15, 0.2) is 82.9 Å². The Morgan fingerprint density at radius 3 is 2.75 bits per heavy atom. The summed E-state index contributed by atoms with van der Waals surface area (Å²) in [5.41, 5.74) is 3.16. The summed E-state index contributed by atoms with van der Waals surface area (Å²) in [6, 6.07) is 18.2. The molecule has 0 aliphatic carbocycles. The van der Waals surface area contributed by atoms with Crippen LogP contribution in [0.3, 0.4) is 0 Å². The molecule has 7 heteroatoms. The first-order chi connectivity index (χ1) is 15.7. The normalized spacial score (nSPS) is 14.0. The van der Waals surface area contributed by atoms with Gasteiger partial charge >= 0.3 is 0 Å². The molecule has 1 fully saturated rings. The molecule has 2 heterocycles. The number of ether oxygens (including phenoxy) is 1. The molecule has 0 unspecified atom stereocenters. The molecule has 2 aromatic carbocycles. The van der Waals surface area contributed by atoms with Crippen molar-refractivity contribution >= 4 is 29.0 Å². The van der Waals surface area contributed by atoms with E-state index >= 15 is 0 Å². The van der Waals surface area contributed by atoms with E-state index in [-0.39, 0.29) is 5.91 Å². The number of allylic oxidation sites excluding steroid dienone is 1. The Labute approximate surface area is 192 Å². The van der Waals surface area contributed by atoms with E-state index in [2.05, 4.69) is 39.5 Å². The quantitative estimate of drug-likeness (QED) is 0.424. The number of anilines is 2. The van der Waals surface area contributed by atoms with Gasteiger partial charge < -0.3 is 15.0 Å². The van der Waals surface area contributed by atoms with Crippen LogP contribution in [0.2, 0.25) is 0 Å². The molecule has 1 aliphatic rings. The summed E-state index contributed by atoms with van der Waals surface area (Å²) in [7, 11) is 0. The van der Waals surface area contributed by atoms with Crippen LogP contribution in [0.5, 0.6) is 0 Å². The highest BCUT2D eigenvalue weighted by atomic mass is 32.2. The smallest absolute Gasteiger partial charge is 0.248 e. The van der Waals surface area contributed by atoms with Gasteiger partial charge in [0.05, 0.1) is 13.2 Å². The Morgan fingerprint density at radius 1 is 1.16 bits per heavy atom. The van der Waals surface area contributed by atoms with Crippen LogP contribution in [-0.2, 0) is 16.0 Å². The van der Waals surface area contributed by atoms with Crippen LogP contribution in [0.25, 0.3) is 0 Å². The highest BCUT2D eigenvalue weighted by Crippen LogP contribution is 2.28. The molecule has 1 N–H and O–H groups in total. The van der Waals surface area contributed by atoms with Gasteiger partial charge in [-0.25, -0.2) is 9.97 Å². The Kier molecular flexibility index (Phi) is 7.53. The minimum Gasteiger partial charge on any atom is -0.378 e. The molecule has 4 rings (SSSR count). The topological polar surface area (TPSA) is 67.4 Å². The van der Waals surface area contributed by atoms with E-state index in [4.69, 9.17) is 9.72 Å². The van der Waals surface area contributed by atoms with E-state index in [1.165, 1.54) is 17.3 Å². The average molecular weight is 447 g/mol. The van der Waals surface area contributed by atoms with Gasteiger partial charge in [0.25, 0.3) is 0 Å². The molecule has 3 aromatic rings. The largest absolute Gasteiger partial charge is 0.378 e. The van der Waals surface area contributed by atoms with Gasteiger partial charge in [-0.1, -0.05) is 36.0 Å². The van der Waals surface area contributed by atoms with Crippen LogP contribution in [-0.4, -0.2) is 42.2 Å². The maximum Gasteiger partial charge on any atom is 0.248 e. The summed E-state index contributed by atoms with van der Waals surface area (Å²) in [6.07, 6.45) is 5.69. The van der Waals surface area contributed by atoms with Gasteiger partial charge in [0, 0.05) is 42.0 Å². The number of amides is 1. The Balaban J connectivity index is 1.40. The van der Waals surface area contributed by atoms with E-state index < -0.39 is 0 Å². The summed E-state index contributed by atoms with van der Waals surface area (Å²) in [6.45, 7) is 5.25. The second-order valence-electron chi connectivity index (χ2n) is 7.37. The van der Waals surface area contributed by atoms with Crippen molar-refractivity contribution in [1.82, 2.24) is 9.97 Å². The van der Waals surface area contributed by atoms with Gasteiger partial charge in [0.2, 0.25) is 5.91 Å². The van der Waals surface area contributed by atoms with Gasteiger partial charge in [-0.15, -0.1) is 0 Å². The lowest BCUT2D eigenvalue weighted by Crippen LogP contribution is -2.36. The minimum absolute atomic E-state index is 0.140. The zero-order valence-electron chi connectivity index (χ0n) is 18.0. The first-order valence-electron chi connectivity index (χ1n) is 10.6. The van der Waals surface area contributed by atoms with Crippen molar-refractivity contribution in [1.29, 1.82) is 0 Å². The summed E-state index contributed by atoms with van der Waals surface area (Å²) in [5.74, 6) is 0.644. The molecule has 1 aliphatic heterocycles. The molecule has 1 saturated heterocycles. The summed E-state index contributed by atoms with van der Waals surface area (Å²) in [5, 5.41) is 3.73. The predicted molar refractivity (Wildman–Crippen MR) is 128 cm³/mol. The lowest BCUT2D eigenvalue weighted by molar-refractivity contribution is -0.111. The lowest BCUT2D eigenvalue weighted by Gasteiger charge is -2.28. The van der Waals surface area contributed by atoms with Crippen molar-refractivity contribution in [3.63, 3.8) is 0 Å². The summed E-state index contributed by atoms with van der Waals surface area (Å²) < 4.78 is 5.43. The first-order valence-corrected chi connectivity index (χ1v) is 11.5. The summed E-state index contributed by atoms with van der Waals surface area (Å²) in [4.78, 5) is 24.3. The third kappa shape index (κ3) is 6.18. The number of hydrogen-bond donors (Lipinski definition) is 1. The van der Waals surface area contributed by atoms with Crippen LogP contribution in [0.4, 0.5) is 11.4 Å². The van der Waals surface area contributed by atoms with Gasteiger partial charge in [0.1, 0.15) is 10.9 Å². The maximum atomic E-state index is 11.8. The second kappa shape index (κ2) is 10.9. The van der Waals surface area contributed by atoms with Gasteiger partial charge in [-0.3, -0.25) is 4.79 Å². The van der Waals surface area contributed by atoms with Crippen molar-refractivity contribution in [2.45, 2.75) is 23.3 Å². The molecule has 0 bridgehead atoms. The SMILES string of the molecule is C/C=C/C(=O)Nc1cccc(Sc2ccnc(Cc3ccc(N4CCOCC4)cc3)n2)c1. The highest BCUT2D eigenvalue weighted by molar-refractivity contribution is 7.99. The zero-order valence-corrected chi connectivity index (χ0v) is 18.8. The Bertz CT molecular complexity index is 1080. The van der Waals surface area contributed by atoms with Crippen molar-refractivity contribution in [2.75, 3.05) is 36.5 Å². The molecule has 6 nitrogen and oxygen atoms in total. The van der Waals surface area contributed by atoms with Gasteiger partial charge in [-0.2, -0.15) is 0 Å². The van der Waals surface area contributed by atoms with Crippen LogP contribution in [0.1, 0.15) is 18.3 Å². The Morgan fingerprint density at radius 2 is 1.97 bits per heavy atom. The molecule has 0 radical (unpaired) electrons. The van der Waals surface area contributed by atoms with Gasteiger partial charge in [-0.05, 0) is 55.0 Å². The van der Waals surface area contributed by atoms with E-state index in [9.17, 15) is 4.79 Å². The molecule has 164 valence electrons. The number of nitrogens with zero attached hydrogens (tertiary/aromatic N) is 3. The highest BCUT2D eigenvalue weighted by Gasteiger charge is 2.11. The Hall–Kier alpha value is -3.16. The van der Waals surface area contributed by atoms with E-state index in [1.54, 1.807) is 24.0 Å². The first kappa shape index (κ1) is 22.0. The van der Waals surface area contributed by atoms with E-state index in [1.807, 2.05) is 37.3 Å². The molecular formula is C25H26N4O2S. The number of carbonyl (C=O) groups excluding carboxylic acids is 1. The van der Waals surface area contributed by atoms with Crippen molar-refractivity contribution < 1.29 is 9.53 Å². The molecule has 0 atom stereocenters. The molecule has 0 spiro atoms. The average Bonchev–Trinajstić information content (AvgIpc) is 2.81. The molecule has 32 heavy (non-hydrogen) atoms. The van der Waals surface area contributed by atoms with Crippen molar-refractivity contribution in [3.8, 4) is 0 Å². The number of carbonyl (C=O) groups is 1. The van der Waals surface area contributed by atoms with Crippen LogP contribution in [0, 0.1) is 0 Å². The zero-order chi connectivity index (χ0) is 22.2. The fourth-order valence-electron chi connectivity index (χ4n) is 3.44. The standard InChI is InChI=1S/C25H26N4O2S/c1-2-4-24(30)27-20-5-3-6-22(18-20)32-25-11-12-26-23(28-25)17-19-7-9-21(10-8-19)29-13-15-31-16-14-29/h2-12,18H,13-17H2,1H3,(H,27,30)/b4-2+. The second-order valence-corrected chi connectivity index (χ2v) is 8.47. The number of benzene rings is 2. The molecule has 1 aromatic heterocycles. The number of rotatable bonds is 7. The van der Waals surface area contributed by atoms with Crippen LogP contribution < -0.4 is 10.2 Å². The maximum absolute atomic E-state index is 11.8. The number of aromatic nitrogens is 2. The number of morpholine rings is 1. The number of hydrogen-bond acceptors (Lipinski definition) is 6. The number of nitrogens with one attached hydrogen (secondary N) is 1. The van der Waals surface area contributed by atoms with Crippen molar-refractivity contribution in [3.05, 3.63) is 84.3 Å². The van der Waals surface area contributed by atoms with Crippen LogP contribution >= 0.6 is 11.8 Å². The van der Waals surface area contributed by atoms with Gasteiger partial charge in [0.15, 0.2) is 0 Å². The molecule has 0 saturated carbocycles.